The Balaban J connectivity index is 2.55. The number of carbonyl (C=O) groups excluding carboxylic acids is 1. The zero-order valence-corrected chi connectivity index (χ0v) is 11.5. The van der Waals surface area contributed by atoms with Crippen LogP contribution in [0.25, 0.3) is 0 Å². The molecule has 1 atom stereocenters. The maximum Gasteiger partial charge on any atom is 0.306 e. The first-order valence-corrected chi connectivity index (χ1v) is 6.89. The highest BCUT2D eigenvalue weighted by Gasteiger charge is 2.17. The number of carbonyl (C=O) groups is 1. The molecule has 0 unspecified atom stereocenters. The fraction of sp³-hybridized carbons (Fsp3) is 0.615. The molecule has 0 bridgehead atoms. The van der Waals surface area contributed by atoms with Crippen molar-refractivity contribution in [3.63, 3.8) is 0 Å². The maximum absolute atomic E-state index is 11.7. The van der Waals surface area contributed by atoms with Gasteiger partial charge in [-0.25, -0.2) is 0 Å². The zero-order chi connectivity index (χ0) is 12.7. The highest BCUT2D eigenvalue weighted by molar-refractivity contribution is 7.10. The summed E-state index contributed by atoms with van der Waals surface area (Å²) in [4.78, 5) is 12.8. The molecule has 0 aliphatic heterocycles. The van der Waals surface area contributed by atoms with E-state index in [9.17, 15) is 4.79 Å². The predicted octanol–water partition coefficient (Wildman–Crippen LogP) is 2.99. The Bertz CT molecular complexity index is 322. The van der Waals surface area contributed by atoms with E-state index in [0.717, 1.165) is 17.8 Å². The number of ether oxygens (including phenoxy) is 1. The van der Waals surface area contributed by atoms with Crippen LogP contribution in [0.1, 0.15) is 37.7 Å². The van der Waals surface area contributed by atoms with Gasteiger partial charge in [-0.3, -0.25) is 4.79 Å². The summed E-state index contributed by atoms with van der Waals surface area (Å²) in [6, 6.07) is 4.01. The fourth-order valence-electron chi connectivity index (χ4n) is 1.55. The van der Waals surface area contributed by atoms with E-state index >= 15 is 0 Å². The molecule has 96 valence electrons. The first kappa shape index (κ1) is 14.2. The molecular weight excluding hydrogens is 234 g/mol. The van der Waals surface area contributed by atoms with Crippen LogP contribution < -0.4 is 5.32 Å². The number of nitrogens with one attached hydrogen (secondary N) is 1. The predicted molar refractivity (Wildman–Crippen MR) is 71.2 cm³/mol. The summed E-state index contributed by atoms with van der Waals surface area (Å²) in [5.74, 6) is 0.241. The molecule has 0 amide bonds. The van der Waals surface area contributed by atoms with Crippen molar-refractivity contribution >= 4 is 17.3 Å². The molecule has 17 heavy (non-hydrogen) atoms. The molecule has 1 heterocycles. The van der Waals surface area contributed by atoms with Gasteiger partial charge in [0.1, 0.15) is 6.10 Å². The van der Waals surface area contributed by atoms with Crippen LogP contribution in [-0.2, 0) is 9.53 Å². The van der Waals surface area contributed by atoms with Crippen molar-refractivity contribution < 1.29 is 9.53 Å². The third-order valence-corrected chi connectivity index (χ3v) is 3.33. The lowest BCUT2D eigenvalue weighted by molar-refractivity contribution is -0.150. The lowest BCUT2D eigenvalue weighted by atomic mass is 10.1. The lowest BCUT2D eigenvalue weighted by Crippen LogP contribution is -2.17. The molecule has 0 saturated carbocycles. The van der Waals surface area contributed by atoms with Gasteiger partial charge < -0.3 is 10.1 Å². The highest BCUT2D eigenvalue weighted by Crippen LogP contribution is 2.26. The average Bonchev–Trinajstić information content (AvgIpc) is 2.76. The summed E-state index contributed by atoms with van der Waals surface area (Å²) >= 11 is 1.64. The minimum Gasteiger partial charge on any atom is -0.457 e. The lowest BCUT2D eigenvalue weighted by Gasteiger charge is -2.17. The summed E-state index contributed by atoms with van der Waals surface area (Å²) in [5, 5.41) is 5.10. The van der Waals surface area contributed by atoms with E-state index < -0.39 is 0 Å². The van der Waals surface area contributed by atoms with Crippen molar-refractivity contribution in [2.24, 2.45) is 5.92 Å². The van der Waals surface area contributed by atoms with Crippen LogP contribution in [-0.4, -0.2) is 19.6 Å². The normalized spacial score (nSPS) is 12.7. The average molecular weight is 255 g/mol. The van der Waals surface area contributed by atoms with Crippen molar-refractivity contribution in [3.8, 4) is 0 Å². The summed E-state index contributed by atoms with van der Waals surface area (Å²) in [6.07, 6.45) is 1.20. The van der Waals surface area contributed by atoms with Crippen LogP contribution in [0.2, 0.25) is 0 Å². The van der Waals surface area contributed by atoms with Gasteiger partial charge in [0.25, 0.3) is 0 Å². The Labute approximate surface area is 107 Å². The smallest absolute Gasteiger partial charge is 0.306 e. The molecule has 0 aliphatic carbocycles. The summed E-state index contributed by atoms with van der Waals surface area (Å²) in [5.41, 5.74) is 0. The molecule has 0 aliphatic rings. The van der Waals surface area contributed by atoms with Crippen molar-refractivity contribution in [2.45, 2.75) is 32.8 Å². The van der Waals surface area contributed by atoms with E-state index in [-0.39, 0.29) is 12.1 Å². The molecular formula is C13H21NO2S. The zero-order valence-electron chi connectivity index (χ0n) is 10.7. The van der Waals surface area contributed by atoms with Gasteiger partial charge in [-0.05, 0) is 31.0 Å². The molecule has 0 fully saturated rings. The second-order valence-corrected chi connectivity index (χ2v) is 5.46. The highest BCUT2D eigenvalue weighted by atomic mass is 32.1. The Morgan fingerprint density at radius 2 is 2.29 bits per heavy atom. The van der Waals surface area contributed by atoms with Crippen LogP contribution in [0.4, 0.5) is 0 Å². The maximum atomic E-state index is 11.7. The number of hydrogen-bond acceptors (Lipinski definition) is 4. The first-order valence-electron chi connectivity index (χ1n) is 6.01. The second-order valence-electron chi connectivity index (χ2n) is 4.48. The van der Waals surface area contributed by atoms with Gasteiger partial charge in [0.15, 0.2) is 0 Å². The van der Waals surface area contributed by atoms with E-state index in [0.29, 0.717) is 12.3 Å². The molecule has 3 nitrogen and oxygen atoms in total. The Morgan fingerprint density at radius 3 is 2.82 bits per heavy atom. The minimum atomic E-state index is -0.103. The molecule has 0 aromatic carbocycles. The Morgan fingerprint density at radius 1 is 1.53 bits per heavy atom. The second kappa shape index (κ2) is 7.45. The molecule has 0 saturated heterocycles. The van der Waals surface area contributed by atoms with E-state index in [4.69, 9.17) is 4.74 Å². The van der Waals surface area contributed by atoms with Crippen LogP contribution in [0.5, 0.6) is 0 Å². The Hall–Kier alpha value is -0.870. The molecule has 0 spiro atoms. The third kappa shape index (κ3) is 5.33. The van der Waals surface area contributed by atoms with Crippen LogP contribution >= 0.6 is 11.3 Å². The molecule has 1 aromatic rings. The number of hydrogen-bond donors (Lipinski definition) is 1. The molecule has 4 heteroatoms. The molecule has 1 aromatic heterocycles. The summed E-state index contributed by atoms with van der Waals surface area (Å²) in [6.45, 7) is 4.89. The van der Waals surface area contributed by atoms with Gasteiger partial charge in [0.2, 0.25) is 0 Å². The summed E-state index contributed by atoms with van der Waals surface area (Å²) in [7, 11) is 1.90. The van der Waals surface area contributed by atoms with Gasteiger partial charge in [0.05, 0.1) is 0 Å². The number of thiophene rings is 1. The van der Waals surface area contributed by atoms with Gasteiger partial charge in [-0.2, -0.15) is 0 Å². The molecule has 0 radical (unpaired) electrons. The molecule has 1 rings (SSSR count). The summed E-state index contributed by atoms with van der Waals surface area (Å²) < 4.78 is 5.54. The van der Waals surface area contributed by atoms with Crippen molar-refractivity contribution in [3.05, 3.63) is 22.4 Å². The van der Waals surface area contributed by atoms with Gasteiger partial charge in [0, 0.05) is 17.7 Å². The monoisotopic (exact) mass is 255 g/mol. The molecule has 1 N–H and O–H groups in total. The quantitative estimate of drug-likeness (QED) is 0.761. The topological polar surface area (TPSA) is 38.3 Å². The van der Waals surface area contributed by atoms with Crippen molar-refractivity contribution in [1.29, 1.82) is 0 Å². The van der Waals surface area contributed by atoms with Gasteiger partial charge in [-0.15, -0.1) is 11.3 Å². The van der Waals surface area contributed by atoms with Crippen molar-refractivity contribution in [1.82, 2.24) is 5.32 Å². The fourth-order valence-corrected chi connectivity index (χ4v) is 2.34. The standard InChI is InChI=1S/C13H21NO2S/c1-10(2)9-13(15)16-11(6-7-14-3)12-5-4-8-17-12/h4-5,8,10-11,14H,6-7,9H2,1-3H3/t11-/m0/s1. The van der Waals surface area contributed by atoms with Gasteiger partial charge >= 0.3 is 5.97 Å². The van der Waals surface area contributed by atoms with E-state index in [1.165, 1.54) is 0 Å². The number of esters is 1. The largest absolute Gasteiger partial charge is 0.457 e. The van der Waals surface area contributed by atoms with Crippen LogP contribution in [0.3, 0.4) is 0 Å². The van der Waals surface area contributed by atoms with E-state index in [2.05, 4.69) is 5.32 Å². The number of rotatable bonds is 7. The SMILES string of the molecule is CNCC[C@H](OC(=O)CC(C)C)c1cccs1. The van der Waals surface area contributed by atoms with E-state index in [1.807, 2.05) is 38.4 Å². The van der Waals surface area contributed by atoms with E-state index in [1.54, 1.807) is 11.3 Å². The Kier molecular flexibility index (Phi) is 6.22. The third-order valence-electron chi connectivity index (χ3n) is 2.37. The first-order chi connectivity index (χ1) is 8.13. The minimum absolute atomic E-state index is 0.102. The van der Waals surface area contributed by atoms with Gasteiger partial charge in [-0.1, -0.05) is 19.9 Å². The van der Waals surface area contributed by atoms with Crippen molar-refractivity contribution in [2.75, 3.05) is 13.6 Å². The van der Waals surface area contributed by atoms with Crippen LogP contribution in [0, 0.1) is 5.92 Å². The van der Waals surface area contributed by atoms with Crippen LogP contribution in [0.15, 0.2) is 17.5 Å².